The number of carboxylic acids is 1. The second-order valence-electron chi connectivity index (χ2n) is 4.36. The Balaban J connectivity index is 4.57. The highest BCUT2D eigenvalue weighted by molar-refractivity contribution is 5.82. The van der Waals surface area contributed by atoms with Gasteiger partial charge in [0.15, 0.2) is 6.04 Å². The topological polar surface area (TPSA) is 77.8 Å². The predicted molar refractivity (Wildman–Crippen MR) is 54.3 cm³/mol. The molecule has 0 aromatic carbocycles. The molecule has 0 saturated heterocycles. The van der Waals surface area contributed by atoms with Crippen LogP contribution in [0.5, 0.6) is 0 Å². The molecule has 0 spiro atoms. The zero-order valence-electron chi connectivity index (χ0n) is 9.60. The number of carbonyl (C=O) groups is 2. The number of carboxylic acid groups (broad SMARTS) is 1. The van der Waals surface area contributed by atoms with Gasteiger partial charge in [0.2, 0.25) is 5.91 Å². The molecule has 0 rings (SSSR count). The smallest absolute Gasteiger partial charge is 0.329 e. The minimum atomic E-state index is -1.19. The summed E-state index contributed by atoms with van der Waals surface area (Å²) in [6, 6.07) is -1.17. The highest BCUT2D eigenvalue weighted by atomic mass is 16.5. The Kier molecular flexibility index (Phi) is 5.28. The lowest BCUT2D eigenvalue weighted by molar-refractivity contribution is -0.190. The molecule has 5 heteroatoms. The van der Waals surface area contributed by atoms with Gasteiger partial charge in [-0.2, -0.15) is 0 Å². The van der Waals surface area contributed by atoms with Gasteiger partial charge in [0.1, 0.15) is 0 Å². The van der Waals surface area contributed by atoms with E-state index in [1.165, 1.54) is 0 Å². The van der Waals surface area contributed by atoms with Crippen LogP contribution in [-0.4, -0.2) is 33.3 Å². The monoisotopic (exact) mass is 217 g/mol. The number of nitrogens with zero attached hydrogens (tertiary/aromatic N) is 1. The van der Waals surface area contributed by atoms with Gasteiger partial charge < -0.3 is 5.11 Å². The molecule has 0 aromatic heterocycles. The van der Waals surface area contributed by atoms with E-state index in [0.717, 1.165) is 0 Å². The van der Waals surface area contributed by atoms with Crippen LogP contribution in [0.25, 0.3) is 0 Å². The molecule has 0 aromatic rings. The Bertz CT molecular complexity index is 238. The summed E-state index contributed by atoms with van der Waals surface area (Å²) in [6.07, 6.45) is 0.146. The van der Waals surface area contributed by atoms with Gasteiger partial charge in [-0.25, -0.2) is 9.86 Å². The molecule has 0 fully saturated rings. The molecular weight excluding hydrogens is 198 g/mol. The molecule has 0 saturated carbocycles. The van der Waals surface area contributed by atoms with Crippen molar-refractivity contribution in [2.75, 3.05) is 0 Å². The Hall–Kier alpha value is -1.10. The Morgan fingerprint density at radius 3 is 1.93 bits per heavy atom. The molecule has 0 bridgehead atoms. The highest BCUT2D eigenvalue weighted by Crippen LogP contribution is 2.12. The minimum Gasteiger partial charge on any atom is -0.480 e. The first-order valence-corrected chi connectivity index (χ1v) is 5.01. The zero-order chi connectivity index (χ0) is 12.2. The molecule has 15 heavy (non-hydrogen) atoms. The van der Waals surface area contributed by atoms with Crippen molar-refractivity contribution in [2.45, 2.75) is 40.2 Å². The summed E-state index contributed by atoms with van der Waals surface area (Å²) in [5, 5.41) is 18.7. The van der Waals surface area contributed by atoms with E-state index in [4.69, 9.17) is 5.11 Å². The molecular formula is C10H19NO4. The van der Waals surface area contributed by atoms with Gasteiger partial charge in [-0.3, -0.25) is 10.0 Å². The van der Waals surface area contributed by atoms with Crippen LogP contribution in [-0.2, 0) is 9.59 Å². The van der Waals surface area contributed by atoms with E-state index in [1.54, 1.807) is 13.8 Å². The first-order valence-electron chi connectivity index (χ1n) is 5.01. The lowest BCUT2D eigenvalue weighted by Gasteiger charge is -2.25. The maximum Gasteiger partial charge on any atom is 0.329 e. The number of aliphatic carboxylic acids is 1. The zero-order valence-corrected chi connectivity index (χ0v) is 9.60. The van der Waals surface area contributed by atoms with E-state index in [2.05, 4.69) is 0 Å². The molecule has 0 aliphatic heterocycles. The third-order valence-electron chi connectivity index (χ3n) is 1.99. The summed E-state index contributed by atoms with van der Waals surface area (Å²) >= 11 is 0. The minimum absolute atomic E-state index is 0.0914. The molecule has 0 unspecified atom stereocenters. The van der Waals surface area contributed by atoms with Crippen LogP contribution in [0, 0.1) is 11.8 Å². The maximum absolute atomic E-state index is 11.4. The molecule has 1 amide bonds. The quantitative estimate of drug-likeness (QED) is 0.538. The summed E-state index contributed by atoms with van der Waals surface area (Å²) in [5.74, 6) is -1.98. The number of rotatable bonds is 5. The van der Waals surface area contributed by atoms with Gasteiger partial charge >= 0.3 is 5.97 Å². The molecule has 0 heterocycles. The second kappa shape index (κ2) is 5.70. The first-order chi connectivity index (χ1) is 6.77. The average molecular weight is 217 g/mol. The molecule has 0 aliphatic carbocycles. The molecule has 5 nitrogen and oxygen atoms in total. The van der Waals surface area contributed by atoms with Crippen LogP contribution in [0.15, 0.2) is 0 Å². The summed E-state index contributed by atoms with van der Waals surface area (Å²) in [5.41, 5.74) is 0. The summed E-state index contributed by atoms with van der Waals surface area (Å²) < 4.78 is 0. The average Bonchev–Trinajstić information content (AvgIpc) is 2.00. The normalized spacial score (nSPS) is 13.0. The van der Waals surface area contributed by atoms with Gasteiger partial charge in [-0.15, -0.1) is 0 Å². The predicted octanol–water partition coefficient (Wildman–Crippen LogP) is 1.36. The highest BCUT2D eigenvalue weighted by Gasteiger charge is 2.31. The fourth-order valence-corrected chi connectivity index (χ4v) is 1.27. The van der Waals surface area contributed by atoms with Crippen molar-refractivity contribution in [3.05, 3.63) is 0 Å². The first kappa shape index (κ1) is 13.9. The molecule has 1 atom stereocenters. The van der Waals surface area contributed by atoms with E-state index < -0.39 is 17.9 Å². The molecule has 88 valence electrons. The van der Waals surface area contributed by atoms with Crippen molar-refractivity contribution in [2.24, 2.45) is 11.8 Å². The van der Waals surface area contributed by atoms with Gasteiger partial charge in [0.05, 0.1) is 0 Å². The molecule has 2 N–H and O–H groups in total. The largest absolute Gasteiger partial charge is 0.480 e. The van der Waals surface area contributed by atoms with Crippen LogP contribution in [0.1, 0.15) is 34.1 Å². The number of hydrogen-bond acceptors (Lipinski definition) is 3. The van der Waals surface area contributed by atoms with Crippen LogP contribution in [0.4, 0.5) is 0 Å². The Morgan fingerprint density at radius 2 is 1.67 bits per heavy atom. The van der Waals surface area contributed by atoms with Crippen LogP contribution in [0.3, 0.4) is 0 Å². The number of hydrogen-bond donors (Lipinski definition) is 2. The Labute approximate surface area is 89.6 Å². The standard InChI is InChI=1S/C10H19NO4/c1-6(2)5-8(12)11(15)9(7(3)4)10(13)14/h6-7,9,15H,5H2,1-4H3,(H,13,14)/t9-/m0/s1. The number of hydroxylamine groups is 2. The van der Waals surface area contributed by atoms with Gasteiger partial charge in [-0.1, -0.05) is 27.7 Å². The van der Waals surface area contributed by atoms with Gasteiger partial charge in [-0.05, 0) is 11.8 Å². The lowest BCUT2D eigenvalue weighted by atomic mass is 10.0. The van der Waals surface area contributed by atoms with E-state index in [-0.39, 0.29) is 18.3 Å². The fraction of sp³-hybridized carbons (Fsp3) is 0.800. The van der Waals surface area contributed by atoms with Crippen molar-refractivity contribution in [3.8, 4) is 0 Å². The Morgan fingerprint density at radius 1 is 1.20 bits per heavy atom. The summed E-state index contributed by atoms with van der Waals surface area (Å²) in [6.45, 7) is 6.95. The number of carbonyl (C=O) groups excluding carboxylic acids is 1. The van der Waals surface area contributed by atoms with Gasteiger partial charge in [0, 0.05) is 6.42 Å². The molecule has 0 aliphatic rings. The summed E-state index contributed by atoms with van der Waals surface area (Å²) in [7, 11) is 0. The maximum atomic E-state index is 11.4. The van der Waals surface area contributed by atoms with E-state index in [9.17, 15) is 14.8 Å². The van der Waals surface area contributed by atoms with Crippen molar-refractivity contribution < 1.29 is 19.9 Å². The van der Waals surface area contributed by atoms with Crippen molar-refractivity contribution in [1.29, 1.82) is 0 Å². The van der Waals surface area contributed by atoms with E-state index in [1.807, 2.05) is 13.8 Å². The number of amides is 1. The molecule has 0 radical (unpaired) electrons. The fourth-order valence-electron chi connectivity index (χ4n) is 1.27. The second-order valence-corrected chi connectivity index (χ2v) is 4.36. The third kappa shape index (κ3) is 4.29. The third-order valence-corrected chi connectivity index (χ3v) is 1.99. The SMILES string of the molecule is CC(C)CC(=O)N(O)[C@H](C(=O)O)C(C)C. The van der Waals surface area contributed by atoms with Crippen molar-refractivity contribution >= 4 is 11.9 Å². The van der Waals surface area contributed by atoms with E-state index >= 15 is 0 Å². The lowest BCUT2D eigenvalue weighted by Crippen LogP contribution is -2.46. The van der Waals surface area contributed by atoms with Crippen LogP contribution in [0.2, 0.25) is 0 Å². The van der Waals surface area contributed by atoms with Crippen molar-refractivity contribution in [1.82, 2.24) is 5.06 Å². The van der Waals surface area contributed by atoms with Gasteiger partial charge in [0.25, 0.3) is 0 Å². The van der Waals surface area contributed by atoms with Crippen molar-refractivity contribution in [3.63, 3.8) is 0 Å². The summed E-state index contributed by atoms with van der Waals surface area (Å²) in [4.78, 5) is 22.2. The van der Waals surface area contributed by atoms with Crippen LogP contribution >= 0.6 is 0 Å². The van der Waals surface area contributed by atoms with Crippen LogP contribution < -0.4 is 0 Å². The van der Waals surface area contributed by atoms with E-state index in [0.29, 0.717) is 5.06 Å².